The molecule has 1 amide bonds. The molecule has 0 unspecified atom stereocenters. The third-order valence-electron chi connectivity index (χ3n) is 3.37. The Morgan fingerprint density at radius 3 is 2.20 bits per heavy atom. The van der Waals surface area contributed by atoms with Crippen molar-refractivity contribution in [1.82, 2.24) is 10.6 Å². The van der Waals surface area contributed by atoms with Crippen LogP contribution in [0.5, 0.6) is 0 Å². The number of hydrogen-bond acceptors (Lipinski definition) is 4. The van der Waals surface area contributed by atoms with E-state index in [4.69, 9.17) is 0 Å². The maximum absolute atomic E-state index is 13.6. The minimum Gasteiger partial charge on any atom is -0.463 e. The van der Waals surface area contributed by atoms with Crippen molar-refractivity contribution in [2.75, 3.05) is 13.2 Å². The second-order valence-electron chi connectivity index (χ2n) is 5.17. The average molecular weight is 364 g/mol. The van der Waals surface area contributed by atoms with Crippen molar-refractivity contribution >= 4 is 11.9 Å². The number of alkyl halides is 3. The van der Waals surface area contributed by atoms with Crippen LogP contribution in [0, 0.1) is 5.82 Å². The summed E-state index contributed by atoms with van der Waals surface area (Å²) < 4.78 is 58.2. The van der Waals surface area contributed by atoms with E-state index >= 15 is 0 Å². The van der Waals surface area contributed by atoms with Gasteiger partial charge in [0.15, 0.2) is 0 Å². The molecular weight excluding hydrogens is 344 g/mol. The first kappa shape index (κ1) is 20.9. The molecule has 0 bridgehead atoms. The number of hydrogen-bond donors (Lipinski definition) is 2. The highest BCUT2D eigenvalue weighted by atomic mass is 19.4. The number of nitrogens with one attached hydrogen (secondary N) is 2. The average Bonchev–Trinajstić information content (AvgIpc) is 2.54. The van der Waals surface area contributed by atoms with E-state index in [-0.39, 0.29) is 26.0 Å². The van der Waals surface area contributed by atoms with Gasteiger partial charge in [-0.05, 0) is 31.0 Å². The number of amides is 1. The highest BCUT2D eigenvalue weighted by molar-refractivity contribution is 5.88. The van der Waals surface area contributed by atoms with Crippen molar-refractivity contribution in [2.24, 2.45) is 0 Å². The molecule has 0 spiro atoms. The van der Waals surface area contributed by atoms with Gasteiger partial charge in [-0.15, -0.1) is 0 Å². The van der Waals surface area contributed by atoms with Gasteiger partial charge in [0, 0.05) is 13.0 Å². The molecule has 5 nitrogen and oxygen atoms in total. The first-order chi connectivity index (χ1) is 11.7. The minimum absolute atomic E-state index is 0.0828. The summed E-state index contributed by atoms with van der Waals surface area (Å²) >= 11 is 0. The predicted molar refractivity (Wildman–Crippen MR) is 82.0 cm³/mol. The van der Waals surface area contributed by atoms with Crippen LogP contribution in [-0.4, -0.2) is 36.9 Å². The monoisotopic (exact) mass is 364 g/mol. The van der Waals surface area contributed by atoms with E-state index in [1.807, 2.05) is 0 Å². The molecule has 1 atom stereocenters. The van der Waals surface area contributed by atoms with Crippen molar-refractivity contribution in [3.8, 4) is 0 Å². The minimum atomic E-state index is -5.12. The number of carbonyl (C=O) groups is 2. The van der Waals surface area contributed by atoms with Gasteiger partial charge in [0.25, 0.3) is 5.66 Å². The summed E-state index contributed by atoms with van der Waals surface area (Å²) in [7, 11) is 0. The zero-order chi connectivity index (χ0) is 19.1. The number of halogens is 4. The van der Waals surface area contributed by atoms with Gasteiger partial charge in [0.2, 0.25) is 5.91 Å². The summed E-state index contributed by atoms with van der Waals surface area (Å²) in [5.74, 6) is -3.06. The van der Waals surface area contributed by atoms with E-state index < -0.39 is 29.5 Å². The lowest BCUT2D eigenvalue weighted by molar-refractivity contribution is -0.221. The molecule has 9 heteroatoms. The Labute approximate surface area is 142 Å². The Morgan fingerprint density at radius 1 is 1.12 bits per heavy atom. The topological polar surface area (TPSA) is 67.4 Å². The Balaban J connectivity index is 3.00. The number of carbonyl (C=O) groups excluding carboxylic acids is 2. The molecule has 25 heavy (non-hydrogen) atoms. The zero-order valence-electron chi connectivity index (χ0n) is 13.9. The fourth-order valence-electron chi connectivity index (χ4n) is 2.04. The molecule has 140 valence electrons. The molecule has 0 aliphatic carbocycles. The van der Waals surface area contributed by atoms with Gasteiger partial charge < -0.3 is 10.1 Å². The molecule has 1 aromatic rings. The summed E-state index contributed by atoms with van der Waals surface area (Å²) in [4.78, 5) is 23.5. The number of ether oxygens (including phenoxy) is 1. The van der Waals surface area contributed by atoms with Crippen LogP contribution in [0.3, 0.4) is 0 Å². The Bertz CT molecular complexity index is 590. The SMILES string of the molecule is CCOC(=O)[C@](NCCc1ccc(F)cc1)(NC(=O)CC)C(F)(F)F. The van der Waals surface area contributed by atoms with E-state index in [0.29, 0.717) is 5.56 Å². The maximum Gasteiger partial charge on any atom is 0.436 e. The van der Waals surface area contributed by atoms with Crippen molar-refractivity contribution < 1.29 is 31.9 Å². The smallest absolute Gasteiger partial charge is 0.436 e. The summed E-state index contributed by atoms with van der Waals surface area (Å²) in [5, 5.41) is 3.75. The second kappa shape index (κ2) is 8.80. The Hall–Kier alpha value is -2.16. The molecule has 0 aliphatic heterocycles. The van der Waals surface area contributed by atoms with Crippen molar-refractivity contribution in [2.45, 2.75) is 38.5 Å². The highest BCUT2D eigenvalue weighted by Gasteiger charge is 2.62. The van der Waals surface area contributed by atoms with Crippen molar-refractivity contribution in [3.05, 3.63) is 35.6 Å². The first-order valence-electron chi connectivity index (χ1n) is 7.70. The van der Waals surface area contributed by atoms with E-state index in [1.165, 1.54) is 38.1 Å². The molecule has 1 aromatic carbocycles. The van der Waals surface area contributed by atoms with E-state index in [9.17, 15) is 27.2 Å². The summed E-state index contributed by atoms with van der Waals surface area (Å²) in [5.41, 5.74) is -2.77. The number of esters is 1. The highest BCUT2D eigenvalue weighted by Crippen LogP contribution is 2.30. The molecule has 0 heterocycles. The van der Waals surface area contributed by atoms with Crippen molar-refractivity contribution in [1.29, 1.82) is 0 Å². The summed E-state index contributed by atoms with van der Waals surface area (Å²) in [6.07, 6.45) is -5.27. The molecule has 0 aromatic heterocycles. The van der Waals surface area contributed by atoms with E-state index in [1.54, 1.807) is 5.32 Å². The van der Waals surface area contributed by atoms with Crippen LogP contribution in [0.4, 0.5) is 17.6 Å². The molecule has 1 rings (SSSR count). The third-order valence-corrected chi connectivity index (χ3v) is 3.37. The van der Waals surface area contributed by atoms with Crippen LogP contribution >= 0.6 is 0 Å². The van der Waals surface area contributed by atoms with E-state index in [0.717, 1.165) is 0 Å². The maximum atomic E-state index is 13.6. The fourth-order valence-corrected chi connectivity index (χ4v) is 2.04. The van der Waals surface area contributed by atoms with Crippen LogP contribution in [-0.2, 0) is 20.7 Å². The normalized spacial score (nSPS) is 13.8. The van der Waals surface area contributed by atoms with Gasteiger partial charge >= 0.3 is 12.1 Å². The van der Waals surface area contributed by atoms with Gasteiger partial charge in [-0.1, -0.05) is 19.1 Å². The van der Waals surface area contributed by atoms with Crippen molar-refractivity contribution in [3.63, 3.8) is 0 Å². The first-order valence-corrected chi connectivity index (χ1v) is 7.70. The third kappa shape index (κ3) is 5.42. The van der Waals surface area contributed by atoms with Crippen LogP contribution in [0.2, 0.25) is 0 Å². The fraction of sp³-hybridized carbons (Fsp3) is 0.500. The molecule has 0 aliphatic rings. The lowest BCUT2D eigenvalue weighted by atomic mass is 10.1. The quantitative estimate of drug-likeness (QED) is 0.422. The molecular formula is C16H20F4N2O3. The van der Waals surface area contributed by atoms with Crippen LogP contribution in [0.25, 0.3) is 0 Å². The summed E-state index contributed by atoms with van der Waals surface area (Å²) in [6.45, 7) is 2.14. The van der Waals surface area contributed by atoms with Gasteiger partial charge in [-0.2, -0.15) is 13.2 Å². The molecule has 2 N–H and O–H groups in total. The molecule has 0 fully saturated rings. The Morgan fingerprint density at radius 2 is 1.72 bits per heavy atom. The van der Waals surface area contributed by atoms with Gasteiger partial charge in [-0.3, -0.25) is 10.1 Å². The number of rotatable bonds is 8. The van der Waals surface area contributed by atoms with E-state index in [2.05, 4.69) is 10.1 Å². The van der Waals surface area contributed by atoms with Crippen LogP contribution in [0.15, 0.2) is 24.3 Å². The molecule has 0 radical (unpaired) electrons. The van der Waals surface area contributed by atoms with Crippen LogP contribution in [0.1, 0.15) is 25.8 Å². The lowest BCUT2D eigenvalue weighted by Gasteiger charge is -2.34. The predicted octanol–water partition coefficient (Wildman–Crippen LogP) is 2.31. The summed E-state index contributed by atoms with van der Waals surface area (Å²) in [6, 6.07) is 5.19. The van der Waals surface area contributed by atoms with Gasteiger partial charge in [-0.25, -0.2) is 9.18 Å². The Kier molecular flexibility index (Phi) is 7.35. The van der Waals surface area contributed by atoms with Gasteiger partial charge in [0.1, 0.15) is 5.82 Å². The largest absolute Gasteiger partial charge is 0.463 e. The zero-order valence-corrected chi connectivity index (χ0v) is 13.9. The van der Waals surface area contributed by atoms with Crippen LogP contribution < -0.4 is 10.6 Å². The molecule has 0 saturated heterocycles. The van der Waals surface area contributed by atoms with Gasteiger partial charge in [0.05, 0.1) is 6.61 Å². The molecule has 0 saturated carbocycles. The standard InChI is InChI=1S/C16H20F4N2O3/c1-3-13(23)22-15(16(18,19)20,14(24)25-4-2)21-10-9-11-5-7-12(17)8-6-11/h5-8,21H,3-4,9-10H2,1-2H3,(H,22,23)/t15-/m0/s1. The lowest BCUT2D eigenvalue weighted by Crippen LogP contribution is -2.72. The second-order valence-corrected chi connectivity index (χ2v) is 5.17. The number of benzene rings is 1.